The maximum absolute atomic E-state index is 13.4. The SMILES string of the molecule is CCc1cn(-c2cc(NC(=O)c3ccc(C)c([N+](=O)[O-])c3)cc(C(F)(F)F)c2)cn1. The first-order valence-electron chi connectivity index (χ1n) is 8.90. The largest absolute Gasteiger partial charge is 0.416 e. The van der Waals surface area contributed by atoms with Crippen LogP contribution < -0.4 is 5.32 Å². The number of carbonyl (C=O) groups is 1. The standard InChI is InChI=1S/C20H17F3N4O3/c1-3-15-10-26(11-24-15)17-8-14(20(21,22)23)7-16(9-17)25-19(28)13-5-4-12(2)18(6-13)27(29)30/h4-11H,3H2,1-2H3,(H,25,28). The van der Waals surface area contributed by atoms with Crippen molar-refractivity contribution in [3.8, 4) is 5.69 Å². The normalized spacial score (nSPS) is 11.4. The molecule has 0 aliphatic rings. The van der Waals surface area contributed by atoms with E-state index < -0.39 is 22.6 Å². The number of nitro benzene ring substituents is 1. The van der Waals surface area contributed by atoms with Gasteiger partial charge in [-0.25, -0.2) is 4.98 Å². The van der Waals surface area contributed by atoms with Gasteiger partial charge in [0.2, 0.25) is 0 Å². The van der Waals surface area contributed by atoms with Crippen LogP contribution in [-0.4, -0.2) is 20.4 Å². The fourth-order valence-electron chi connectivity index (χ4n) is 2.83. The maximum atomic E-state index is 13.4. The fraction of sp³-hybridized carbons (Fsp3) is 0.200. The van der Waals surface area contributed by atoms with Crippen molar-refractivity contribution in [2.45, 2.75) is 26.4 Å². The Kier molecular flexibility index (Phi) is 5.59. The van der Waals surface area contributed by atoms with Crippen molar-refractivity contribution in [2.75, 3.05) is 5.32 Å². The van der Waals surface area contributed by atoms with Gasteiger partial charge in [0.05, 0.1) is 22.5 Å². The second-order valence-electron chi connectivity index (χ2n) is 6.60. The Morgan fingerprint density at radius 1 is 1.23 bits per heavy atom. The molecular weight excluding hydrogens is 401 g/mol. The van der Waals surface area contributed by atoms with Crippen molar-refractivity contribution in [1.29, 1.82) is 0 Å². The predicted octanol–water partition coefficient (Wildman–Crippen LogP) is 4.92. The molecule has 0 saturated heterocycles. The van der Waals surface area contributed by atoms with Crippen LogP contribution in [0, 0.1) is 17.0 Å². The van der Waals surface area contributed by atoms with Crippen LogP contribution in [0.5, 0.6) is 0 Å². The molecule has 0 unspecified atom stereocenters. The Labute approximate surface area is 169 Å². The minimum absolute atomic E-state index is 0.0397. The number of alkyl halides is 3. The number of anilines is 1. The van der Waals surface area contributed by atoms with Gasteiger partial charge in [-0.1, -0.05) is 13.0 Å². The summed E-state index contributed by atoms with van der Waals surface area (Å²) in [5, 5.41) is 13.5. The quantitative estimate of drug-likeness (QED) is 0.470. The highest BCUT2D eigenvalue weighted by atomic mass is 19.4. The third-order valence-electron chi connectivity index (χ3n) is 4.47. The van der Waals surface area contributed by atoms with Gasteiger partial charge in [0.15, 0.2) is 0 Å². The Morgan fingerprint density at radius 3 is 2.57 bits per heavy atom. The average Bonchev–Trinajstić information content (AvgIpc) is 3.16. The van der Waals surface area contributed by atoms with E-state index in [4.69, 9.17) is 0 Å². The van der Waals surface area contributed by atoms with Crippen molar-refractivity contribution in [2.24, 2.45) is 0 Å². The zero-order valence-corrected chi connectivity index (χ0v) is 16.0. The fourth-order valence-corrected chi connectivity index (χ4v) is 2.83. The first-order valence-corrected chi connectivity index (χ1v) is 8.90. The van der Waals surface area contributed by atoms with Gasteiger partial charge in [-0.15, -0.1) is 0 Å². The van der Waals surface area contributed by atoms with Crippen LogP contribution in [0.2, 0.25) is 0 Å². The molecule has 0 aliphatic carbocycles. The second kappa shape index (κ2) is 7.97. The summed E-state index contributed by atoms with van der Waals surface area (Å²) in [6.45, 7) is 3.39. The first-order chi connectivity index (χ1) is 14.1. The number of amides is 1. The number of imidazole rings is 1. The Morgan fingerprint density at radius 2 is 1.97 bits per heavy atom. The predicted molar refractivity (Wildman–Crippen MR) is 104 cm³/mol. The summed E-state index contributed by atoms with van der Waals surface area (Å²) in [6, 6.07) is 6.99. The van der Waals surface area contributed by atoms with Gasteiger partial charge in [0.25, 0.3) is 11.6 Å². The van der Waals surface area contributed by atoms with E-state index in [1.807, 2.05) is 6.92 Å². The van der Waals surface area contributed by atoms with E-state index in [-0.39, 0.29) is 22.6 Å². The number of nitro groups is 1. The third-order valence-corrected chi connectivity index (χ3v) is 4.47. The molecule has 0 bridgehead atoms. The number of aromatic nitrogens is 2. The summed E-state index contributed by atoms with van der Waals surface area (Å²) in [5.74, 6) is -0.761. The Bertz CT molecular complexity index is 1120. The van der Waals surface area contributed by atoms with E-state index >= 15 is 0 Å². The van der Waals surface area contributed by atoms with Crippen molar-refractivity contribution in [3.63, 3.8) is 0 Å². The van der Waals surface area contributed by atoms with Crippen LogP contribution in [0.1, 0.15) is 34.1 Å². The highest BCUT2D eigenvalue weighted by Gasteiger charge is 2.31. The molecule has 2 aromatic carbocycles. The lowest BCUT2D eigenvalue weighted by Gasteiger charge is -2.14. The number of hydrogen-bond donors (Lipinski definition) is 1. The summed E-state index contributed by atoms with van der Waals surface area (Å²) in [4.78, 5) is 27.1. The van der Waals surface area contributed by atoms with Gasteiger partial charge >= 0.3 is 6.18 Å². The maximum Gasteiger partial charge on any atom is 0.416 e. The van der Waals surface area contributed by atoms with E-state index in [0.717, 1.165) is 18.2 Å². The molecule has 0 fully saturated rings. The van der Waals surface area contributed by atoms with Gasteiger partial charge in [-0.3, -0.25) is 14.9 Å². The number of hydrogen-bond acceptors (Lipinski definition) is 4. The molecule has 0 spiro atoms. The molecule has 156 valence electrons. The third kappa shape index (κ3) is 4.48. The zero-order valence-electron chi connectivity index (χ0n) is 16.0. The molecule has 1 heterocycles. The minimum Gasteiger partial charge on any atom is -0.322 e. The van der Waals surface area contributed by atoms with Gasteiger partial charge in [0, 0.05) is 34.8 Å². The molecule has 0 aliphatic heterocycles. The molecule has 1 amide bonds. The monoisotopic (exact) mass is 418 g/mol. The lowest BCUT2D eigenvalue weighted by molar-refractivity contribution is -0.385. The van der Waals surface area contributed by atoms with Crippen molar-refractivity contribution in [3.05, 3.63) is 81.4 Å². The number of carbonyl (C=O) groups excluding carboxylic acids is 1. The molecular formula is C20H17F3N4O3. The topological polar surface area (TPSA) is 90.1 Å². The highest BCUT2D eigenvalue weighted by molar-refractivity contribution is 6.04. The van der Waals surface area contributed by atoms with Crippen molar-refractivity contribution < 1.29 is 22.9 Å². The molecule has 0 saturated carbocycles. The second-order valence-corrected chi connectivity index (χ2v) is 6.60. The van der Waals surface area contributed by atoms with E-state index in [2.05, 4.69) is 10.3 Å². The van der Waals surface area contributed by atoms with Gasteiger partial charge in [0.1, 0.15) is 0 Å². The van der Waals surface area contributed by atoms with Gasteiger partial charge in [-0.2, -0.15) is 13.2 Å². The minimum atomic E-state index is -4.63. The number of benzene rings is 2. The molecule has 0 atom stereocenters. The zero-order chi connectivity index (χ0) is 22.1. The molecule has 7 nitrogen and oxygen atoms in total. The Hall–Kier alpha value is -3.69. The highest BCUT2D eigenvalue weighted by Crippen LogP contribution is 2.33. The lowest BCUT2D eigenvalue weighted by atomic mass is 10.1. The smallest absolute Gasteiger partial charge is 0.322 e. The van der Waals surface area contributed by atoms with E-state index in [1.54, 1.807) is 6.20 Å². The average molecular weight is 418 g/mol. The molecule has 3 rings (SSSR count). The van der Waals surface area contributed by atoms with E-state index in [9.17, 15) is 28.1 Å². The van der Waals surface area contributed by atoms with Crippen LogP contribution in [0.3, 0.4) is 0 Å². The summed E-state index contributed by atoms with van der Waals surface area (Å²) in [6.07, 6.45) is -1.03. The van der Waals surface area contributed by atoms with Crippen LogP contribution in [0.15, 0.2) is 48.9 Å². The number of halogens is 3. The summed E-state index contributed by atoms with van der Waals surface area (Å²) < 4.78 is 41.5. The van der Waals surface area contributed by atoms with Gasteiger partial charge < -0.3 is 9.88 Å². The number of rotatable bonds is 5. The molecule has 10 heteroatoms. The van der Waals surface area contributed by atoms with Crippen molar-refractivity contribution >= 4 is 17.3 Å². The first kappa shape index (κ1) is 21.0. The van der Waals surface area contributed by atoms with Gasteiger partial charge in [-0.05, 0) is 37.6 Å². The van der Waals surface area contributed by atoms with Crippen LogP contribution in [0.25, 0.3) is 5.69 Å². The van der Waals surface area contributed by atoms with Crippen molar-refractivity contribution in [1.82, 2.24) is 9.55 Å². The number of nitrogens with one attached hydrogen (secondary N) is 1. The van der Waals surface area contributed by atoms with E-state index in [1.165, 1.54) is 36.0 Å². The number of aryl methyl sites for hydroxylation is 2. The Balaban J connectivity index is 1.99. The molecule has 3 aromatic rings. The summed E-state index contributed by atoms with van der Waals surface area (Å²) in [5.41, 5.74) is -0.103. The molecule has 30 heavy (non-hydrogen) atoms. The number of nitrogens with zero attached hydrogens (tertiary/aromatic N) is 3. The molecule has 1 aromatic heterocycles. The van der Waals surface area contributed by atoms with Crippen LogP contribution >= 0.6 is 0 Å². The summed E-state index contributed by atoms with van der Waals surface area (Å²) >= 11 is 0. The van der Waals surface area contributed by atoms with E-state index in [0.29, 0.717) is 17.7 Å². The van der Waals surface area contributed by atoms with Crippen LogP contribution in [0.4, 0.5) is 24.5 Å². The van der Waals surface area contributed by atoms with Crippen LogP contribution in [-0.2, 0) is 12.6 Å². The summed E-state index contributed by atoms with van der Waals surface area (Å²) in [7, 11) is 0. The molecule has 0 radical (unpaired) electrons. The lowest BCUT2D eigenvalue weighted by Crippen LogP contribution is -2.14. The molecule has 1 N–H and O–H groups in total.